The van der Waals surface area contributed by atoms with Gasteiger partial charge in [0.15, 0.2) is 0 Å². The Morgan fingerprint density at radius 2 is 1.81 bits per heavy atom. The van der Waals surface area contributed by atoms with Crippen molar-refractivity contribution in [3.63, 3.8) is 0 Å². The van der Waals surface area contributed by atoms with Crippen LogP contribution < -0.4 is 10.6 Å². The molecule has 1 atom stereocenters. The summed E-state index contributed by atoms with van der Waals surface area (Å²) in [5.74, 6) is -0.125. The van der Waals surface area contributed by atoms with Gasteiger partial charge < -0.3 is 10.6 Å². The summed E-state index contributed by atoms with van der Waals surface area (Å²) < 4.78 is 13.9. The standard InChI is InChI=1S/C17H28FN3/c1-3-9-17(4-2,14-19)21-12-10-20(11-13-21)16-8-6-5-7-15(16)18/h5-8H,3-4,9-14,19H2,1-2H3. The maximum absolute atomic E-state index is 13.9. The van der Waals surface area contributed by atoms with E-state index < -0.39 is 0 Å². The molecule has 1 aromatic rings. The van der Waals surface area contributed by atoms with Crippen molar-refractivity contribution in [2.45, 2.75) is 38.6 Å². The summed E-state index contributed by atoms with van der Waals surface area (Å²) in [7, 11) is 0. The fourth-order valence-electron chi connectivity index (χ4n) is 3.53. The summed E-state index contributed by atoms with van der Waals surface area (Å²) in [6, 6.07) is 7.05. The molecule has 1 aliphatic heterocycles. The highest BCUT2D eigenvalue weighted by Crippen LogP contribution is 2.28. The summed E-state index contributed by atoms with van der Waals surface area (Å²) in [6.07, 6.45) is 3.37. The smallest absolute Gasteiger partial charge is 0.146 e. The van der Waals surface area contributed by atoms with E-state index in [4.69, 9.17) is 5.73 Å². The topological polar surface area (TPSA) is 32.5 Å². The molecule has 0 radical (unpaired) electrons. The monoisotopic (exact) mass is 293 g/mol. The van der Waals surface area contributed by atoms with Gasteiger partial charge in [0.2, 0.25) is 0 Å². The molecule has 1 saturated heterocycles. The Balaban J connectivity index is 2.04. The van der Waals surface area contributed by atoms with Gasteiger partial charge in [0, 0.05) is 38.3 Å². The summed E-state index contributed by atoms with van der Waals surface area (Å²) in [5, 5.41) is 0. The Bertz CT molecular complexity index is 437. The van der Waals surface area contributed by atoms with Crippen LogP contribution in [0.3, 0.4) is 0 Å². The third kappa shape index (κ3) is 3.38. The molecule has 1 aliphatic rings. The van der Waals surface area contributed by atoms with Gasteiger partial charge in [0.1, 0.15) is 5.82 Å². The summed E-state index contributed by atoms with van der Waals surface area (Å²) >= 11 is 0. The first-order valence-electron chi connectivity index (χ1n) is 8.11. The molecular weight excluding hydrogens is 265 g/mol. The van der Waals surface area contributed by atoms with Crippen LogP contribution in [0.5, 0.6) is 0 Å². The molecular formula is C17H28FN3. The number of halogens is 1. The molecule has 1 unspecified atom stereocenters. The average Bonchev–Trinajstić information content (AvgIpc) is 2.53. The van der Waals surface area contributed by atoms with Crippen LogP contribution in [0, 0.1) is 5.82 Å². The van der Waals surface area contributed by atoms with Crippen LogP contribution in [0.25, 0.3) is 0 Å². The summed E-state index contributed by atoms with van der Waals surface area (Å²) in [5.41, 5.74) is 6.94. The zero-order valence-electron chi connectivity index (χ0n) is 13.3. The number of hydrogen-bond acceptors (Lipinski definition) is 3. The van der Waals surface area contributed by atoms with E-state index in [1.807, 2.05) is 12.1 Å². The van der Waals surface area contributed by atoms with Gasteiger partial charge in [-0.05, 0) is 25.0 Å². The van der Waals surface area contributed by atoms with Gasteiger partial charge >= 0.3 is 0 Å². The third-order valence-electron chi connectivity index (χ3n) is 4.90. The van der Waals surface area contributed by atoms with Crippen molar-refractivity contribution >= 4 is 5.69 Å². The maximum atomic E-state index is 13.9. The highest BCUT2D eigenvalue weighted by atomic mass is 19.1. The number of anilines is 1. The predicted molar refractivity (Wildman–Crippen MR) is 87.2 cm³/mol. The van der Waals surface area contributed by atoms with Gasteiger partial charge in [0.25, 0.3) is 0 Å². The largest absolute Gasteiger partial charge is 0.367 e. The lowest BCUT2D eigenvalue weighted by Gasteiger charge is -2.47. The lowest BCUT2D eigenvalue weighted by molar-refractivity contribution is 0.0733. The fourth-order valence-corrected chi connectivity index (χ4v) is 3.53. The van der Waals surface area contributed by atoms with Gasteiger partial charge in [-0.3, -0.25) is 4.90 Å². The van der Waals surface area contributed by atoms with E-state index in [-0.39, 0.29) is 11.4 Å². The molecule has 3 nitrogen and oxygen atoms in total. The zero-order valence-corrected chi connectivity index (χ0v) is 13.3. The van der Waals surface area contributed by atoms with Crippen LogP contribution >= 0.6 is 0 Å². The number of piperazine rings is 1. The minimum absolute atomic E-state index is 0.121. The minimum atomic E-state index is -0.125. The molecule has 1 heterocycles. The molecule has 1 fully saturated rings. The molecule has 1 aromatic carbocycles. The van der Waals surface area contributed by atoms with Crippen LogP contribution in [-0.2, 0) is 0 Å². The SMILES string of the molecule is CCCC(CC)(CN)N1CCN(c2ccccc2F)CC1. The maximum Gasteiger partial charge on any atom is 0.146 e. The Labute approximate surface area is 127 Å². The summed E-state index contributed by atoms with van der Waals surface area (Å²) in [4.78, 5) is 4.67. The van der Waals surface area contributed by atoms with Crippen molar-refractivity contribution in [2.75, 3.05) is 37.6 Å². The van der Waals surface area contributed by atoms with E-state index in [9.17, 15) is 4.39 Å². The Hall–Kier alpha value is -1.13. The van der Waals surface area contributed by atoms with Crippen molar-refractivity contribution in [3.05, 3.63) is 30.1 Å². The Morgan fingerprint density at radius 1 is 1.14 bits per heavy atom. The molecule has 21 heavy (non-hydrogen) atoms. The minimum Gasteiger partial charge on any atom is -0.367 e. The quantitative estimate of drug-likeness (QED) is 0.875. The van der Waals surface area contributed by atoms with Crippen LogP contribution in [0.1, 0.15) is 33.1 Å². The molecule has 2 rings (SSSR count). The highest BCUT2D eigenvalue weighted by Gasteiger charge is 2.35. The second-order valence-electron chi connectivity index (χ2n) is 5.96. The van der Waals surface area contributed by atoms with Crippen LogP contribution in [0.15, 0.2) is 24.3 Å². The highest BCUT2D eigenvalue weighted by molar-refractivity contribution is 5.48. The van der Waals surface area contributed by atoms with E-state index >= 15 is 0 Å². The molecule has 0 bridgehead atoms. The van der Waals surface area contributed by atoms with E-state index in [0.29, 0.717) is 6.54 Å². The van der Waals surface area contributed by atoms with Crippen molar-refractivity contribution in [1.29, 1.82) is 0 Å². The van der Waals surface area contributed by atoms with Crippen LogP contribution in [-0.4, -0.2) is 43.2 Å². The van der Waals surface area contributed by atoms with Gasteiger partial charge in [-0.2, -0.15) is 0 Å². The van der Waals surface area contributed by atoms with Crippen molar-refractivity contribution in [3.8, 4) is 0 Å². The van der Waals surface area contributed by atoms with E-state index in [1.54, 1.807) is 6.07 Å². The van der Waals surface area contributed by atoms with Gasteiger partial charge in [0.05, 0.1) is 5.69 Å². The second-order valence-corrected chi connectivity index (χ2v) is 5.96. The van der Waals surface area contributed by atoms with Crippen LogP contribution in [0.4, 0.5) is 10.1 Å². The van der Waals surface area contributed by atoms with E-state index in [1.165, 1.54) is 6.07 Å². The Kier molecular flexibility index (Phi) is 5.59. The van der Waals surface area contributed by atoms with Crippen LogP contribution in [0.2, 0.25) is 0 Å². The molecule has 0 aromatic heterocycles. The normalized spacial score (nSPS) is 19.5. The average molecular weight is 293 g/mol. The van der Waals surface area contributed by atoms with Crippen molar-refractivity contribution < 1.29 is 4.39 Å². The third-order valence-corrected chi connectivity index (χ3v) is 4.90. The molecule has 0 amide bonds. The lowest BCUT2D eigenvalue weighted by Crippen LogP contribution is -2.60. The number of nitrogens with zero attached hydrogens (tertiary/aromatic N) is 2. The van der Waals surface area contributed by atoms with E-state index in [2.05, 4.69) is 23.6 Å². The molecule has 2 N–H and O–H groups in total. The van der Waals surface area contributed by atoms with E-state index in [0.717, 1.165) is 51.1 Å². The first-order chi connectivity index (χ1) is 10.2. The first-order valence-corrected chi connectivity index (χ1v) is 8.11. The van der Waals surface area contributed by atoms with Gasteiger partial charge in [-0.25, -0.2) is 4.39 Å². The molecule has 4 heteroatoms. The first kappa shape index (κ1) is 16.2. The number of benzene rings is 1. The van der Waals surface area contributed by atoms with Gasteiger partial charge in [-0.15, -0.1) is 0 Å². The predicted octanol–water partition coefficient (Wildman–Crippen LogP) is 2.86. The number of nitrogens with two attached hydrogens (primary N) is 1. The molecule has 118 valence electrons. The zero-order chi connectivity index (χ0) is 15.3. The molecule has 0 saturated carbocycles. The lowest BCUT2D eigenvalue weighted by atomic mass is 9.88. The number of para-hydroxylation sites is 1. The van der Waals surface area contributed by atoms with Crippen molar-refractivity contribution in [2.24, 2.45) is 5.73 Å². The van der Waals surface area contributed by atoms with Gasteiger partial charge in [-0.1, -0.05) is 32.4 Å². The number of hydrogen-bond donors (Lipinski definition) is 1. The molecule has 0 aliphatic carbocycles. The number of rotatable bonds is 6. The van der Waals surface area contributed by atoms with Crippen molar-refractivity contribution in [1.82, 2.24) is 4.90 Å². The second kappa shape index (κ2) is 7.23. The molecule has 0 spiro atoms. The fraction of sp³-hybridized carbons (Fsp3) is 0.647. The Morgan fingerprint density at radius 3 is 2.33 bits per heavy atom. The summed E-state index contributed by atoms with van der Waals surface area (Å²) in [6.45, 7) is 8.80.